The summed E-state index contributed by atoms with van der Waals surface area (Å²) in [6, 6.07) is 3.29. The topological polar surface area (TPSA) is 110 Å². The highest BCUT2D eigenvalue weighted by molar-refractivity contribution is 5.91. The Hall–Kier alpha value is -2.15. The van der Waals surface area contributed by atoms with Crippen molar-refractivity contribution in [3.63, 3.8) is 0 Å². The molecule has 0 aliphatic rings. The summed E-state index contributed by atoms with van der Waals surface area (Å²) in [6.45, 7) is 0.748. The lowest BCUT2D eigenvalue weighted by Gasteiger charge is -2.00. The maximum Gasteiger partial charge on any atom is 0.287 e. The first-order chi connectivity index (χ1) is 8.29. The highest BCUT2D eigenvalue weighted by Crippen LogP contribution is 2.06. The molecule has 0 aliphatic carbocycles. The van der Waals surface area contributed by atoms with E-state index in [0.29, 0.717) is 18.7 Å². The van der Waals surface area contributed by atoms with Gasteiger partial charge in [-0.05, 0) is 12.1 Å². The van der Waals surface area contributed by atoms with Crippen LogP contribution in [0.25, 0.3) is 0 Å². The summed E-state index contributed by atoms with van der Waals surface area (Å²) in [4.78, 5) is 15.6. The summed E-state index contributed by atoms with van der Waals surface area (Å²) in [7, 11) is 0. The van der Waals surface area contributed by atoms with Crippen LogP contribution < -0.4 is 11.1 Å². The number of nitrogens with one attached hydrogen (secondary N) is 2. The van der Waals surface area contributed by atoms with Gasteiger partial charge in [0.15, 0.2) is 5.76 Å². The number of carbonyl (C=O) groups excluding carboxylic acids is 1. The van der Waals surface area contributed by atoms with Gasteiger partial charge in [0.1, 0.15) is 17.9 Å². The van der Waals surface area contributed by atoms with Gasteiger partial charge in [-0.3, -0.25) is 9.89 Å². The first-order valence-corrected chi connectivity index (χ1v) is 5.21. The van der Waals surface area contributed by atoms with E-state index in [2.05, 4.69) is 20.5 Å². The molecule has 17 heavy (non-hydrogen) atoms. The van der Waals surface area contributed by atoms with Gasteiger partial charge in [-0.15, -0.1) is 0 Å². The molecule has 7 heteroatoms. The van der Waals surface area contributed by atoms with Crippen molar-refractivity contribution < 1.29 is 9.21 Å². The van der Waals surface area contributed by atoms with Gasteiger partial charge in [-0.25, -0.2) is 4.98 Å². The molecule has 2 aromatic heterocycles. The number of hydrogen-bond acceptors (Lipinski definition) is 5. The number of furan rings is 1. The van der Waals surface area contributed by atoms with E-state index in [0.717, 1.165) is 5.82 Å². The number of rotatable bonds is 5. The minimum Gasteiger partial charge on any atom is -0.455 e. The number of aromatic nitrogens is 3. The summed E-state index contributed by atoms with van der Waals surface area (Å²) >= 11 is 0. The molecular weight excluding hydrogens is 222 g/mol. The van der Waals surface area contributed by atoms with Crippen molar-refractivity contribution >= 4 is 5.91 Å². The van der Waals surface area contributed by atoms with Crippen LogP contribution in [-0.2, 0) is 13.0 Å². The molecule has 0 unspecified atom stereocenters. The number of amides is 1. The number of nitrogens with zero attached hydrogens (tertiary/aromatic N) is 2. The van der Waals surface area contributed by atoms with E-state index in [1.807, 2.05) is 0 Å². The Balaban J connectivity index is 1.81. The third-order valence-electron chi connectivity index (χ3n) is 2.20. The molecule has 2 heterocycles. The second-order valence-corrected chi connectivity index (χ2v) is 3.41. The van der Waals surface area contributed by atoms with Crippen molar-refractivity contribution in [3.8, 4) is 0 Å². The van der Waals surface area contributed by atoms with Gasteiger partial charge in [0.05, 0.1) is 6.54 Å². The van der Waals surface area contributed by atoms with Crippen LogP contribution in [0, 0.1) is 0 Å². The molecule has 0 bridgehead atoms. The smallest absolute Gasteiger partial charge is 0.287 e. The van der Waals surface area contributed by atoms with Gasteiger partial charge < -0.3 is 15.5 Å². The SMILES string of the molecule is NCc1ccc(C(=O)NCCc2ncn[nH]2)o1. The molecule has 0 radical (unpaired) electrons. The van der Waals surface area contributed by atoms with Crippen LogP contribution in [0.3, 0.4) is 0 Å². The zero-order valence-corrected chi connectivity index (χ0v) is 9.14. The fourth-order valence-electron chi connectivity index (χ4n) is 1.34. The first-order valence-electron chi connectivity index (χ1n) is 5.21. The van der Waals surface area contributed by atoms with Gasteiger partial charge in [-0.1, -0.05) is 0 Å². The maximum atomic E-state index is 11.6. The Morgan fingerprint density at radius 3 is 3.06 bits per heavy atom. The van der Waals surface area contributed by atoms with Crippen LogP contribution in [0.15, 0.2) is 22.9 Å². The molecule has 4 N–H and O–H groups in total. The number of aromatic amines is 1. The molecule has 7 nitrogen and oxygen atoms in total. The average Bonchev–Trinajstić information content (AvgIpc) is 2.99. The van der Waals surface area contributed by atoms with E-state index in [1.165, 1.54) is 6.33 Å². The number of hydrogen-bond donors (Lipinski definition) is 3. The Bertz CT molecular complexity index is 477. The van der Waals surface area contributed by atoms with Crippen molar-refractivity contribution in [1.82, 2.24) is 20.5 Å². The molecule has 0 aliphatic heterocycles. The summed E-state index contributed by atoms with van der Waals surface area (Å²) < 4.78 is 5.21. The average molecular weight is 235 g/mol. The Labute approximate surface area is 97.4 Å². The molecule has 2 aromatic rings. The second kappa shape index (κ2) is 5.26. The predicted octanol–water partition coefficient (Wildman–Crippen LogP) is -0.171. The van der Waals surface area contributed by atoms with E-state index in [-0.39, 0.29) is 18.2 Å². The molecule has 1 amide bonds. The van der Waals surface area contributed by atoms with E-state index < -0.39 is 0 Å². The third kappa shape index (κ3) is 2.91. The van der Waals surface area contributed by atoms with Crippen molar-refractivity contribution in [2.24, 2.45) is 5.73 Å². The van der Waals surface area contributed by atoms with Crippen molar-refractivity contribution in [1.29, 1.82) is 0 Å². The van der Waals surface area contributed by atoms with E-state index in [4.69, 9.17) is 10.2 Å². The zero-order chi connectivity index (χ0) is 12.1. The second-order valence-electron chi connectivity index (χ2n) is 3.41. The molecule has 2 rings (SSSR count). The van der Waals surface area contributed by atoms with Crippen molar-refractivity contribution in [2.75, 3.05) is 6.54 Å². The Morgan fingerprint density at radius 1 is 1.53 bits per heavy atom. The highest BCUT2D eigenvalue weighted by atomic mass is 16.4. The van der Waals surface area contributed by atoms with Crippen LogP contribution in [0.4, 0.5) is 0 Å². The van der Waals surface area contributed by atoms with Crippen LogP contribution in [0.2, 0.25) is 0 Å². The molecule has 0 fully saturated rings. The number of H-pyrrole nitrogens is 1. The third-order valence-corrected chi connectivity index (χ3v) is 2.20. The normalized spacial score (nSPS) is 10.4. The summed E-state index contributed by atoms with van der Waals surface area (Å²) in [6.07, 6.45) is 2.02. The molecule has 0 aromatic carbocycles. The monoisotopic (exact) mass is 235 g/mol. The van der Waals surface area contributed by atoms with Crippen molar-refractivity contribution in [3.05, 3.63) is 35.8 Å². The fourth-order valence-corrected chi connectivity index (χ4v) is 1.34. The summed E-state index contributed by atoms with van der Waals surface area (Å²) in [5, 5.41) is 9.14. The molecule has 0 spiro atoms. The van der Waals surface area contributed by atoms with Gasteiger partial charge in [-0.2, -0.15) is 5.10 Å². The van der Waals surface area contributed by atoms with E-state index in [9.17, 15) is 4.79 Å². The molecule has 0 saturated carbocycles. The van der Waals surface area contributed by atoms with E-state index >= 15 is 0 Å². The van der Waals surface area contributed by atoms with Crippen LogP contribution in [-0.4, -0.2) is 27.6 Å². The minimum absolute atomic E-state index is 0.260. The van der Waals surface area contributed by atoms with Crippen LogP contribution in [0.1, 0.15) is 22.1 Å². The van der Waals surface area contributed by atoms with Crippen molar-refractivity contribution in [2.45, 2.75) is 13.0 Å². The lowest BCUT2D eigenvalue weighted by molar-refractivity contribution is 0.0924. The summed E-state index contributed by atoms with van der Waals surface area (Å²) in [5.41, 5.74) is 5.38. The highest BCUT2D eigenvalue weighted by Gasteiger charge is 2.09. The zero-order valence-electron chi connectivity index (χ0n) is 9.14. The van der Waals surface area contributed by atoms with Crippen LogP contribution in [0.5, 0.6) is 0 Å². The standard InChI is InChI=1S/C10H13N5O2/c11-5-7-1-2-8(17-7)10(16)12-4-3-9-13-6-14-15-9/h1-2,6H,3-5,11H2,(H,12,16)(H,13,14,15). The number of nitrogens with two attached hydrogens (primary N) is 1. The molecular formula is C10H13N5O2. The lowest BCUT2D eigenvalue weighted by Crippen LogP contribution is -2.25. The summed E-state index contributed by atoms with van der Waals surface area (Å²) in [5.74, 6) is 1.32. The molecule has 90 valence electrons. The predicted molar refractivity (Wildman–Crippen MR) is 59.0 cm³/mol. The number of carbonyl (C=O) groups is 1. The lowest BCUT2D eigenvalue weighted by atomic mass is 10.3. The van der Waals surface area contributed by atoms with Gasteiger partial charge in [0, 0.05) is 13.0 Å². The quantitative estimate of drug-likeness (QED) is 0.666. The fraction of sp³-hybridized carbons (Fsp3) is 0.300. The van der Waals surface area contributed by atoms with Gasteiger partial charge >= 0.3 is 0 Å². The van der Waals surface area contributed by atoms with E-state index in [1.54, 1.807) is 12.1 Å². The largest absolute Gasteiger partial charge is 0.455 e. The Morgan fingerprint density at radius 2 is 2.41 bits per heavy atom. The maximum absolute atomic E-state index is 11.6. The van der Waals surface area contributed by atoms with Gasteiger partial charge in [0.2, 0.25) is 0 Å². The van der Waals surface area contributed by atoms with Gasteiger partial charge in [0.25, 0.3) is 5.91 Å². The molecule has 0 saturated heterocycles. The minimum atomic E-state index is -0.260. The first kappa shape index (κ1) is 11.3. The van der Waals surface area contributed by atoms with Crippen LogP contribution >= 0.6 is 0 Å². The molecule has 0 atom stereocenters. The Kier molecular flexibility index (Phi) is 3.51.